The lowest BCUT2D eigenvalue weighted by molar-refractivity contribution is -0.146. The third kappa shape index (κ3) is 4.73. The molecule has 0 bridgehead atoms. The van der Waals surface area contributed by atoms with Crippen LogP contribution in [0.4, 0.5) is 0 Å². The first-order valence-corrected chi connectivity index (χ1v) is 6.77. The van der Waals surface area contributed by atoms with Gasteiger partial charge in [0.25, 0.3) is 0 Å². The van der Waals surface area contributed by atoms with Crippen molar-refractivity contribution in [1.82, 2.24) is 0 Å². The van der Waals surface area contributed by atoms with Crippen LogP contribution in [0.3, 0.4) is 0 Å². The van der Waals surface area contributed by atoms with Gasteiger partial charge in [-0.2, -0.15) is 0 Å². The number of carbonyl (C=O) groups is 3. The summed E-state index contributed by atoms with van der Waals surface area (Å²) < 4.78 is 14.5. The SMILES string of the molecule is CCOC(=O)C(=CC(=O)c1ccc(OC)cc1)C(=O)OCC. The molecule has 6 nitrogen and oxygen atoms in total. The van der Waals surface area contributed by atoms with Gasteiger partial charge >= 0.3 is 11.9 Å². The zero-order valence-corrected chi connectivity index (χ0v) is 12.8. The molecule has 1 aromatic rings. The molecule has 0 saturated heterocycles. The Hall–Kier alpha value is -2.63. The summed E-state index contributed by atoms with van der Waals surface area (Å²) in [5.41, 5.74) is -0.114. The molecular formula is C16H18O6. The fourth-order valence-electron chi connectivity index (χ4n) is 1.59. The second-order valence-corrected chi connectivity index (χ2v) is 4.09. The highest BCUT2D eigenvalue weighted by atomic mass is 16.6. The highest BCUT2D eigenvalue weighted by Crippen LogP contribution is 2.13. The number of allylic oxidation sites excluding steroid dienone is 1. The van der Waals surface area contributed by atoms with Crippen LogP contribution in [0.2, 0.25) is 0 Å². The molecule has 0 saturated carbocycles. The van der Waals surface area contributed by atoms with Gasteiger partial charge < -0.3 is 14.2 Å². The molecule has 1 rings (SSSR count). The van der Waals surface area contributed by atoms with E-state index in [0.717, 1.165) is 6.08 Å². The Morgan fingerprint density at radius 2 is 1.45 bits per heavy atom. The molecular weight excluding hydrogens is 288 g/mol. The number of ketones is 1. The van der Waals surface area contributed by atoms with Crippen molar-refractivity contribution in [3.05, 3.63) is 41.5 Å². The normalized spacial score (nSPS) is 9.59. The first kappa shape index (κ1) is 17.4. The van der Waals surface area contributed by atoms with Crippen molar-refractivity contribution in [3.8, 4) is 5.75 Å². The van der Waals surface area contributed by atoms with E-state index in [1.807, 2.05) is 0 Å². The molecule has 0 unspecified atom stereocenters. The van der Waals surface area contributed by atoms with Gasteiger partial charge in [0.15, 0.2) is 5.78 Å². The standard InChI is InChI=1S/C16H18O6/c1-4-21-15(18)13(16(19)22-5-2)10-14(17)11-6-8-12(20-3)9-7-11/h6-10H,4-5H2,1-3H3. The van der Waals surface area contributed by atoms with Crippen molar-refractivity contribution < 1.29 is 28.6 Å². The van der Waals surface area contributed by atoms with E-state index < -0.39 is 23.3 Å². The maximum atomic E-state index is 12.1. The van der Waals surface area contributed by atoms with E-state index in [1.54, 1.807) is 26.0 Å². The number of methoxy groups -OCH3 is 1. The lowest BCUT2D eigenvalue weighted by Crippen LogP contribution is -2.19. The molecule has 0 aliphatic rings. The monoisotopic (exact) mass is 306 g/mol. The van der Waals surface area contributed by atoms with Crippen LogP contribution >= 0.6 is 0 Å². The summed E-state index contributed by atoms with van der Waals surface area (Å²) in [6.07, 6.45) is 0.928. The fraction of sp³-hybridized carbons (Fsp3) is 0.312. The van der Waals surface area contributed by atoms with Gasteiger partial charge in [0.2, 0.25) is 0 Å². The van der Waals surface area contributed by atoms with Gasteiger partial charge in [0.05, 0.1) is 20.3 Å². The first-order chi connectivity index (χ1) is 10.5. The minimum Gasteiger partial charge on any atom is -0.497 e. The molecule has 22 heavy (non-hydrogen) atoms. The van der Waals surface area contributed by atoms with Gasteiger partial charge in [0, 0.05) is 11.6 Å². The summed E-state index contributed by atoms with van der Waals surface area (Å²) in [6, 6.07) is 6.28. The second kappa shape index (κ2) is 8.61. The summed E-state index contributed by atoms with van der Waals surface area (Å²) in [5, 5.41) is 0. The number of hydrogen-bond donors (Lipinski definition) is 0. The second-order valence-electron chi connectivity index (χ2n) is 4.09. The number of benzene rings is 1. The van der Waals surface area contributed by atoms with E-state index in [2.05, 4.69) is 0 Å². The lowest BCUT2D eigenvalue weighted by atomic mass is 10.1. The van der Waals surface area contributed by atoms with E-state index in [0.29, 0.717) is 11.3 Å². The third-order valence-electron chi connectivity index (χ3n) is 2.64. The highest BCUT2D eigenvalue weighted by Gasteiger charge is 2.22. The molecule has 0 heterocycles. The van der Waals surface area contributed by atoms with Crippen molar-refractivity contribution >= 4 is 17.7 Å². The van der Waals surface area contributed by atoms with Crippen molar-refractivity contribution in [3.63, 3.8) is 0 Å². The smallest absolute Gasteiger partial charge is 0.345 e. The van der Waals surface area contributed by atoms with Crippen LogP contribution in [0.25, 0.3) is 0 Å². The number of carbonyl (C=O) groups excluding carboxylic acids is 3. The molecule has 0 aliphatic carbocycles. The predicted molar refractivity (Wildman–Crippen MR) is 78.7 cm³/mol. The van der Waals surface area contributed by atoms with Crippen LogP contribution in [-0.4, -0.2) is 38.0 Å². The van der Waals surface area contributed by atoms with Crippen LogP contribution in [-0.2, 0) is 19.1 Å². The zero-order chi connectivity index (χ0) is 16.5. The molecule has 0 aromatic heterocycles. The van der Waals surface area contributed by atoms with Gasteiger partial charge in [-0.05, 0) is 38.1 Å². The van der Waals surface area contributed by atoms with Gasteiger partial charge in [-0.3, -0.25) is 4.79 Å². The summed E-state index contributed by atoms with van der Waals surface area (Å²) in [7, 11) is 1.51. The number of rotatable bonds is 7. The van der Waals surface area contributed by atoms with E-state index in [9.17, 15) is 14.4 Å². The van der Waals surface area contributed by atoms with E-state index in [4.69, 9.17) is 14.2 Å². The largest absolute Gasteiger partial charge is 0.497 e. The fourth-order valence-corrected chi connectivity index (χ4v) is 1.59. The van der Waals surface area contributed by atoms with E-state index in [-0.39, 0.29) is 13.2 Å². The highest BCUT2D eigenvalue weighted by molar-refractivity contribution is 6.20. The van der Waals surface area contributed by atoms with Crippen molar-refractivity contribution in [1.29, 1.82) is 0 Å². The predicted octanol–water partition coefficient (Wildman–Crippen LogP) is 1.93. The maximum Gasteiger partial charge on any atom is 0.345 e. The van der Waals surface area contributed by atoms with E-state index in [1.165, 1.54) is 19.2 Å². The Kier molecular flexibility index (Phi) is 6.82. The van der Waals surface area contributed by atoms with Crippen molar-refractivity contribution in [2.75, 3.05) is 20.3 Å². The minimum absolute atomic E-state index is 0.0896. The molecule has 0 atom stereocenters. The molecule has 0 aliphatic heterocycles. The molecule has 0 radical (unpaired) electrons. The summed E-state index contributed by atoms with van der Waals surface area (Å²) in [6.45, 7) is 3.39. The number of ether oxygens (including phenoxy) is 3. The Balaban J connectivity index is 3.05. The first-order valence-electron chi connectivity index (χ1n) is 6.77. The Labute approximate surface area is 128 Å². The molecule has 0 spiro atoms. The zero-order valence-electron chi connectivity index (χ0n) is 12.8. The van der Waals surface area contributed by atoms with Crippen LogP contribution in [0.15, 0.2) is 35.9 Å². The number of esters is 2. The average Bonchev–Trinajstić information content (AvgIpc) is 2.52. The number of hydrogen-bond acceptors (Lipinski definition) is 6. The quantitative estimate of drug-likeness (QED) is 0.252. The summed E-state index contributed by atoms with van der Waals surface area (Å²) in [5.74, 6) is -1.68. The van der Waals surface area contributed by atoms with Crippen LogP contribution in [0, 0.1) is 0 Å². The van der Waals surface area contributed by atoms with Gasteiger partial charge in [-0.1, -0.05) is 0 Å². The Bertz CT molecular complexity index is 551. The molecule has 118 valence electrons. The van der Waals surface area contributed by atoms with Gasteiger partial charge in [-0.15, -0.1) is 0 Å². The molecule has 0 N–H and O–H groups in total. The lowest BCUT2D eigenvalue weighted by Gasteiger charge is -2.06. The Morgan fingerprint density at radius 3 is 1.86 bits per heavy atom. The summed E-state index contributed by atoms with van der Waals surface area (Å²) in [4.78, 5) is 35.7. The maximum absolute atomic E-state index is 12.1. The molecule has 6 heteroatoms. The molecule has 1 aromatic carbocycles. The van der Waals surface area contributed by atoms with Crippen LogP contribution < -0.4 is 4.74 Å². The molecule has 0 fully saturated rings. The molecule has 0 amide bonds. The topological polar surface area (TPSA) is 78.9 Å². The van der Waals surface area contributed by atoms with E-state index >= 15 is 0 Å². The van der Waals surface area contributed by atoms with Crippen molar-refractivity contribution in [2.24, 2.45) is 0 Å². The van der Waals surface area contributed by atoms with Gasteiger partial charge in [0.1, 0.15) is 11.3 Å². The van der Waals surface area contributed by atoms with Crippen LogP contribution in [0.5, 0.6) is 5.75 Å². The summed E-state index contributed by atoms with van der Waals surface area (Å²) >= 11 is 0. The minimum atomic E-state index is -0.886. The third-order valence-corrected chi connectivity index (χ3v) is 2.64. The van der Waals surface area contributed by atoms with Crippen LogP contribution in [0.1, 0.15) is 24.2 Å². The Morgan fingerprint density at radius 1 is 0.955 bits per heavy atom. The van der Waals surface area contributed by atoms with Crippen molar-refractivity contribution in [2.45, 2.75) is 13.8 Å². The average molecular weight is 306 g/mol. The van der Waals surface area contributed by atoms with Gasteiger partial charge in [-0.25, -0.2) is 9.59 Å².